The monoisotopic (exact) mass is 366 g/mol. The minimum Gasteiger partial charge on any atom is -0.444 e. The average molecular weight is 366 g/mol. The molecule has 8 heteroatoms. The summed E-state index contributed by atoms with van der Waals surface area (Å²) < 4.78 is 44.8. The van der Waals surface area contributed by atoms with Gasteiger partial charge >= 0.3 is 6.09 Å². The summed E-state index contributed by atoms with van der Waals surface area (Å²) in [5.74, 6) is -3.76. The molecule has 2 rings (SSSR count). The van der Waals surface area contributed by atoms with Gasteiger partial charge in [0.05, 0.1) is 11.4 Å². The molecule has 0 aromatic heterocycles. The van der Waals surface area contributed by atoms with E-state index in [1.165, 1.54) is 6.07 Å². The quantitative estimate of drug-likeness (QED) is 0.827. The standard InChI is InChI=1S/C18H17F3N2O3/c1-18(2,3)26-17(25)23-14-7-5-11(19)9-15(14)22-16(24)10-4-6-12(20)13(21)8-10/h4-9H,1-3H3,(H,22,24)(H,23,25). The molecular weight excluding hydrogens is 349 g/mol. The highest BCUT2D eigenvalue weighted by Gasteiger charge is 2.18. The van der Waals surface area contributed by atoms with Gasteiger partial charge in [-0.2, -0.15) is 0 Å². The molecule has 138 valence electrons. The molecule has 0 aliphatic carbocycles. The summed E-state index contributed by atoms with van der Waals surface area (Å²) in [6.45, 7) is 5.01. The highest BCUT2D eigenvalue weighted by Crippen LogP contribution is 2.24. The van der Waals surface area contributed by atoms with Crippen molar-refractivity contribution in [2.75, 3.05) is 10.6 Å². The smallest absolute Gasteiger partial charge is 0.412 e. The molecule has 26 heavy (non-hydrogen) atoms. The summed E-state index contributed by atoms with van der Waals surface area (Å²) in [6.07, 6.45) is -0.799. The lowest BCUT2D eigenvalue weighted by Gasteiger charge is -2.20. The summed E-state index contributed by atoms with van der Waals surface area (Å²) in [6, 6.07) is 5.89. The molecule has 0 saturated carbocycles. The van der Waals surface area contributed by atoms with Crippen molar-refractivity contribution in [2.45, 2.75) is 26.4 Å². The van der Waals surface area contributed by atoms with E-state index in [0.29, 0.717) is 6.07 Å². The van der Waals surface area contributed by atoms with E-state index in [1.807, 2.05) is 0 Å². The Morgan fingerprint density at radius 2 is 1.58 bits per heavy atom. The molecular formula is C18H17F3N2O3. The van der Waals surface area contributed by atoms with Crippen LogP contribution in [0.2, 0.25) is 0 Å². The maximum absolute atomic E-state index is 13.5. The Bertz CT molecular complexity index is 848. The molecule has 0 saturated heterocycles. The molecule has 0 radical (unpaired) electrons. The third-order valence-corrected chi connectivity index (χ3v) is 3.05. The van der Waals surface area contributed by atoms with E-state index < -0.39 is 35.1 Å². The van der Waals surface area contributed by atoms with Crippen molar-refractivity contribution in [3.63, 3.8) is 0 Å². The van der Waals surface area contributed by atoms with Gasteiger partial charge in [0.1, 0.15) is 11.4 Å². The number of amides is 2. The van der Waals surface area contributed by atoms with Crippen molar-refractivity contribution in [1.29, 1.82) is 0 Å². The van der Waals surface area contributed by atoms with Crippen LogP contribution in [0.5, 0.6) is 0 Å². The van der Waals surface area contributed by atoms with Gasteiger partial charge in [0.15, 0.2) is 11.6 Å². The van der Waals surface area contributed by atoms with Crippen LogP contribution in [0, 0.1) is 17.5 Å². The third kappa shape index (κ3) is 5.23. The highest BCUT2D eigenvalue weighted by atomic mass is 19.2. The third-order valence-electron chi connectivity index (χ3n) is 3.05. The van der Waals surface area contributed by atoms with E-state index in [2.05, 4.69) is 10.6 Å². The van der Waals surface area contributed by atoms with Gasteiger partial charge in [0, 0.05) is 5.56 Å². The Morgan fingerprint density at radius 3 is 2.19 bits per heavy atom. The summed E-state index contributed by atoms with van der Waals surface area (Å²) in [4.78, 5) is 24.1. The number of rotatable bonds is 3. The molecule has 0 aliphatic heterocycles. The first kappa shape index (κ1) is 19.3. The summed E-state index contributed by atoms with van der Waals surface area (Å²) in [5, 5.41) is 4.74. The Labute approximate surface area is 148 Å². The van der Waals surface area contributed by atoms with Crippen LogP contribution in [-0.2, 0) is 4.74 Å². The van der Waals surface area contributed by atoms with Gasteiger partial charge in [-0.3, -0.25) is 10.1 Å². The van der Waals surface area contributed by atoms with Gasteiger partial charge in [-0.05, 0) is 57.2 Å². The van der Waals surface area contributed by atoms with Crippen LogP contribution in [-0.4, -0.2) is 17.6 Å². The Morgan fingerprint density at radius 1 is 0.885 bits per heavy atom. The van der Waals surface area contributed by atoms with E-state index in [0.717, 1.165) is 24.3 Å². The summed E-state index contributed by atoms with van der Waals surface area (Å²) >= 11 is 0. The average Bonchev–Trinajstić information content (AvgIpc) is 2.50. The lowest BCUT2D eigenvalue weighted by molar-refractivity contribution is 0.0635. The second kappa shape index (κ2) is 7.47. The number of carbonyl (C=O) groups excluding carboxylic acids is 2. The number of halogens is 3. The number of anilines is 2. The Hall–Kier alpha value is -3.03. The SMILES string of the molecule is CC(C)(C)OC(=O)Nc1ccc(F)cc1NC(=O)c1ccc(F)c(F)c1. The number of hydrogen-bond acceptors (Lipinski definition) is 3. The fraction of sp³-hybridized carbons (Fsp3) is 0.222. The molecule has 5 nitrogen and oxygen atoms in total. The summed E-state index contributed by atoms with van der Waals surface area (Å²) in [5.41, 5.74) is -0.905. The zero-order chi connectivity index (χ0) is 19.5. The number of nitrogens with one attached hydrogen (secondary N) is 2. The number of carbonyl (C=O) groups is 2. The van der Waals surface area contributed by atoms with Gasteiger partial charge in [-0.15, -0.1) is 0 Å². The first-order chi connectivity index (χ1) is 12.0. The van der Waals surface area contributed by atoms with Crippen LogP contribution in [0.3, 0.4) is 0 Å². The van der Waals surface area contributed by atoms with Crippen molar-refractivity contribution in [2.24, 2.45) is 0 Å². The lowest BCUT2D eigenvalue weighted by atomic mass is 10.2. The molecule has 2 aromatic carbocycles. The van der Waals surface area contributed by atoms with E-state index in [9.17, 15) is 22.8 Å². The fourth-order valence-electron chi connectivity index (χ4n) is 1.97. The van der Waals surface area contributed by atoms with Crippen molar-refractivity contribution in [1.82, 2.24) is 0 Å². The topological polar surface area (TPSA) is 67.4 Å². The van der Waals surface area contributed by atoms with Crippen molar-refractivity contribution >= 4 is 23.4 Å². The van der Waals surface area contributed by atoms with Crippen LogP contribution >= 0.6 is 0 Å². The number of ether oxygens (including phenoxy) is 1. The molecule has 0 fully saturated rings. The van der Waals surface area contributed by atoms with Gasteiger partial charge in [-0.25, -0.2) is 18.0 Å². The highest BCUT2D eigenvalue weighted by molar-refractivity contribution is 6.06. The second-order valence-corrected chi connectivity index (χ2v) is 6.40. The molecule has 0 spiro atoms. The minimum atomic E-state index is -1.19. The number of benzene rings is 2. The zero-order valence-corrected chi connectivity index (χ0v) is 14.3. The maximum Gasteiger partial charge on any atom is 0.412 e. The molecule has 0 unspecified atom stereocenters. The minimum absolute atomic E-state index is 0.0643. The van der Waals surface area contributed by atoms with E-state index in [1.54, 1.807) is 20.8 Å². The largest absolute Gasteiger partial charge is 0.444 e. The molecule has 0 heterocycles. The van der Waals surface area contributed by atoms with Crippen molar-refractivity contribution in [3.8, 4) is 0 Å². The van der Waals surface area contributed by atoms with Gasteiger partial charge in [0.2, 0.25) is 0 Å². The Kier molecular flexibility index (Phi) is 5.54. The molecule has 2 aromatic rings. The molecule has 2 amide bonds. The molecule has 0 aliphatic rings. The van der Waals surface area contributed by atoms with Crippen molar-refractivity contribution in [3.05, 3.63) is 59.4 Å². The predicted octanol–water partition coefficient (Wildman–Crippen LogP) is 4.70. The van der Waals surface area contributed by atoms with E-state index in [4.69, 9.17) is 4.74 Å². The first-order valence-corrected chi connectivity index (χ1v) is 7.61. The zero-order valence-electron chi connectivity index (χ0n) is 14.3. The number of hydrogen-bond donors (Lipinski definition) is 2. The van der Waals surface area contributed by atoms with Crippen LogP contribution in [0.15, 0.2) is 36.4 Å². The molecule has 0 atom stereocenters. The van der Waals surface area contributed by atoms with Crippen molar-refractivity contribution < 1.29 is 27.5 Å². The van der Waals surface area contributed by atoms with E-state index in [-0.39, 0.29) is 16.9 Å². The fourth-order valence-corrected chi connectivity index (χ4v) is 1.97. The van der Waals surface area contributed by atoms with Gasteiger partial charge < -0.3 is 10.1 Å². The normalized spacial score (nSPS) is 11.0. The lowest BCUT2D eigenvalue weighted by Crippen LogP contribution is -2.27. The Balaban J connectivity index is 2.22. The van der Waals surface area contributed by atoms with Crippen LogP contribution in [0.1, 0.15) is 31.1 Å². The molecule has 2 N–H and O–H groups in total. The van der Waals surface area contributed by atoms with Gasteiger partial charge in [0.25, 0.3) is 5.91 Å². The summed E-state index contributed by atoms with van der Waals surface area (Å²) in [7, 11) is 0. The van der Waals surface area contributed by atoms with E-state index >= 15 is 0 Å². The van der Waals surface area contributed by atoms with Crippen LogP contribution in [0.25, 0.3) is 0 Å². The molecule has 0 bridgehead atoms. The predicted molar refractivity (Wildman–Crippen MR) is 90.6 cm³/mol. The first-order valence-electron chi connectivity index (χ1n) is 7.61. The second-order valence-electron chi connectivity index (χ2n) is 6.40. The van der Waals surface area contributed by atoms with Crippen LogP contribution < -0.4 is 10.6 Å². The maximum atomic E-state index is 13.5. The van der Waals surface area contributed by atoms with Crippen LogP contribution in [0.4, 0.5) is 29.3 Å². The van der Waals surface area contributed by atoms with Gasteiger partial charge in [-0.1, -0.05) is 0 Å².